The number of aromatic nitrogens is 1. The molecule has 1 aromatic carbocycles. The fourth-order valence-electron chi connectivity index (χ4n) is 8.12. The van der Waals surface area contributed by atoms with Gasteiger partial charge in [0.15, 0.2) is 24.0 Å². The lowest BCUT2D eigenvalue weighted by molar-refractivity contribution is -0.389. The van der Waals surface area contributed by atoms with Crippen LogP contribution < -0.4 is 0 Å². The standard InChI is InChI=1S/C27H30ClNO6/c1-23(32)13-33-27-9-8-24(2)25(3,20-10-14-4-5-15(28)11-17(14)29-20)16-6-7-26(24,35-22(16)31)19(27)12-18(30)21(23)34-27/h4-5,10-12,16,21-22,29,31-32H,6-9,13H2,1-3H3/t16-,21-,22-,23+,24+,25+,26+,27+/m0/s1. The average molecular weight is 500 g/mol. The van der Waals surface area contributed by atoms with Crippen LogP contribution in [-0.4, -0.2) is 57.0 Å². The molecule has 0 amide bonds. The second-order valence-electron chi connectivity index (χ2n) is 11.8. The van der Waals surface area contributed by atoms with Gasteiger partial charge in [-0.25, -0.2) is 0 Å². The van der Waals surface area contributed by atoms with Crippen molar-refractivity contribution in [3.8, 4) is 0 Å². The smallest absolute Gasteiger partial charge is 0.195 e. The number of hydrogen-bond donors (Lipinski definition) is 3. The number of ketones is 1. The number of hydrogen-bond acceptors (Lipinski definition) is 6. The number of rotatable bonds is 1. The molecule has 2 aliphatic carbocycles. The SMILES string of the molecule is C[C@]12CC[C@@]34OC[C@@](C)(O)[C@@H](O3)C(=O)C=C4[C@]13CC[C@@H]([C@@H](O)O3)[C@]2(C)c1cc2ccc(Cl)cc2[nH]1. The summed E-state index contributed by atoms with van der Waals surface area (Å²) in [6.45, 7) is 5.99. The van der Waals surface area contributed by atoms with E-state index in [1.165, 1.54) is 0 Å². The van der Waals surface area contributed by atoms with E-state index in [1.54, 1.807) is 13.0 Å². The molecular weight excluding hydrogens is 470 g/mol. The molecule has 4 aliphatic heterocycles. The Morgan fingerprint density at radius 2 is 1.91 bits per heavy atom. The number of halogens is 1. The molecule has 1 aromatic heterocycles. The van der Waals surface area contributed by atoms with E-state index in [0.717, 1.165) is 23.0 Å². The highest BCUT2D eigenvalue weighted by molar-refractivity contribution is 6.31. The van der Waals surface area contributed by atoms with Crippen LogP contribution in [0.3, 0.4) is 0 Å². The molecule has 2 aromatic rings. The predicted octanol–water partition coefficient (Wildman–Crippen LogP) is 3.75. The first-order valence-electron chi connectivity index (χ1n) is 12.4. The zero-order valence-electron chi connectivity index (χ0n) is 20.1. The third-order valence-corrected chi connectivity index (χ3v) is 10.4. The lowest BCUT2D eigenvalue weighted by Gasteiger charge is -2.73. The van der Waals surface area contributed by atoms with E-state index < -0.39 is 40.2 Å². The van der Waals surface area contributed by atoms with Crippen molar-refractivity contribution in [2.45, 2.75) is 81.3 Å². The van der Waals surface area contributed by atoms with E-state index in [4.69, 9.17) is 25.8 Å². The molecule has 35 heavy (non-hydrogen) atoms. The summed E-state index contributed by atoms with van der Waals surface area (Å²) in [6.07, 6.45) is 2.22. The van der Waals surface area contributed by atoms with Crippen molar-refractivity contribution < 1.29 is 29.2 Å². The van der Waals surface area contributed by atoms with Crippen LogP contribution in [0.25, 0.3) is 10.9 Å². The molecule has 186 valence electrons. The van der Waals surface area contributed by atoms with Gasteiger partial charge in [0.2, 0.25) is 0 Å². The minimum Gasteiger partial charge on any atom is -0.385 e. The summed E-state index contributed by atoms with van der Waals surface area (Å²) in [4.78, 5) is 16.8. The topological polar surface area (TPSA) is 101 Å². The largest absolute Gasteiger partial charge is 0.385 e. The van der Waals surface area contributed by atoms with Crippen LogP contribution in [0, 0.1) is 11.3 Å². The second kappa shape index (κ2) is 6.57. The van der Waals surface area contributed by atoms with Crippen molar-refractivity contribution in [1.82, 2.24) is 4.98 Å². The molecular formula is C27H30ClNO6. The van der Waals surface area contributed by atoms with Crippen LogP contribution in [-0.2, 0) is 24.4 Å². The number of fused-ring (bicyclic) bond motifs is 4. The van der Waals surface area contributed by atoms with Crippen LogP contribution in [0.2, 0.25) is 5.02 Å². The normalized spacial score (nSPS) is 48.5. The Kier molecular flexibility index (Phi) is 4.22. The highest BCUT2D eigenvalue weighted by Gasteiger charge is 2.77. The third-order valence-electron chi connectivity index (χ3n) is 10.2. The van der Waals surface area contributed by atoms with Gasteiger partial charge in [0, 0.05) is 45.0 Å². The lowest BCUT2D eigenvalue weighted by atomic mass is 9.39. The Morgan fingerprint density at radius 3 is 2.69 bits per heavy atom. The zero-order valence-corrected chi connectivity index (χ0v) is 20.8. The molecule has 0 unspecified atom stereocenters. The molecule has 4 bridgehead atoms. The first-order valence-corrected chi connectivity index (χ1v) is 12.8. The van der Waals surface area contributed by atoms with E-state index in [2.05, 4.69) is 24.9 Å². The summed E-state index contributed by atoms with van der Waals surface area (Å²) in [6, 6.07) is 7.96. The van der Waals surface area contributed by atoms with E-state index in [1.807, 2.05) is 18.2 Å². The first kappa shape index (κ1) is 22.5. The van der Waals surface area contributed by atoms with Gasteiger partial charge in [0.1, 0.15) is 11.2 Å². The van der Waals surface area contributed by atoms with Gasteiger partial charge < -0.3 is 29.4 Å². The number of carbonyl (C=O) groups excluding carboxylic acids is 1. The molecule has 2 spiro atoms. The Bertz CT molecular complexity index is 1320. The van der Waals surface area contributed by atoms with Crippen molar-refractivity contribution in [3.63, 3.8) is 0 Å². The van der Waals surface area contributed by atoms with Gasteiger partial charge in [-0.3, -0.25) is 4.79 Å². The Morgan fingerprint density at radius 1 is 1.11 bits per heavy atom. The number of nitrogens with one attached hydrogen (secondary N) is 1. The van der Waals surface area contributed by atoms with E-state index in [-0.39, 0.29) is 18.3 Å². The number of benzene rings is 1. The predicted molar refractivity (Wildman–Crippen MR) is 128 cm³/mol. The van der Waals surface area contributed by atoms with Gasteiger partial charge >= 0.3 is 0 Å². The number of H-pyrrole nitrogens is 1. The summed E-state index contributed by atoms with van der Waals surface area (Å²) >= 11 is 6.27. The molecule has 8 rings (SSSR count). The third kappa shape index (κ3) is 2.47. The Balaban J connectivity index is 1.44. The maximum atomic E-state index is 13.2. The summed E-state index contributed by atoms with van der Waals surface area (Å²) < 4.78 is 19.0. The van der Waals surface area contributed by atoms with Crippen molar-refractivity contribution in [3.05, 3.63) is 46.6 Å². The summed E-state index contributed by atoms with van der Waals surface area (Å²) in [5.74, 6) is -1.55. The van der Waals surface area contributed by atoms with Gasteiger partial charge in [0.25, 0.3) is 0 Å². The molecule has 8 atom stereocenters. The molecule has 5 heterocycles. The lowest BCUT2D eigenvalue weighted by Crippen LogP contribution is -2.79. The number of ether oxygens (including phenoxy) is 3. The second-order valence-corrected chi connectivity index (χ2v) is 12.2. The average Bonchev–Trinajstić information content (AvgIpc) is 3.23. The van der Waals surface area contributed by atoms with Crippen molar-refractivity contribution in [2.24, 2.45) is 11.3 Å². The number of carbonyl (C=O) groups is 1. The minimum absolute atomic E-state index is 0.00123. The van der Waals surface area contributed by atoms with E-state index in [0.29, 0.717) is 29.9 Å². The summed E-state index contributed by atoms with van der Waals surface area (Å²) in [5.41, 5.74) is -0.676. The molecule has 5 fully saturated rings. The summed E-state index contributed by atoms with van der Waals surface area (Å²) in [5, 5.41) is 23.8. The van der Waals surface area contributed by atoms with Gasteiger partial charge in [-0.05, 0) is 55.8 Å². The van der Waals surface area contributed by atoms with Gasteiger partial charge in [0.05, 0.1) is 6.61 Å². The fourth-order valence-corrected chi connectivity index (χ4v) is 8.29. The van der Waals surface area contributed by atoms with Crippen molar-refractivity contribution >= 4 is 28.3 Å². The van der Waals surface area contributed by atoms with Crippen LogP contribution in [0.15, 0.2) is 35.9 Å². The molecule has 6 aliphatic rings. The number of aliphatic hydroxyl groups is 2. The maximum absolute atomic E-state index is 13.2. The van der Waals surface area contributed by atoms with Crippen molar-refractivity contribution in [2.75, 3.05) is 6.61 Å². The van der Waals surface area contributed by atoms with Crippen LogP contribution in [0.4, 0.5) is 0 Å². The summed E-state index contributed by atoms with van der Waals surface area (Å²) in [7, 11) is 0. The molecule has 7 nitrogen and oxygen atoms in total. The minimum atomic E-state index is -1.40. The highest BCUT2D eigenvalue weighted by atomic mass is 35.5. The molecule has 0 radical (unpaired) electrons. The molecule has 2 saturated carbocycles. The Hall–Kier alpha value is -1.74. The highest BCUT2D eigenvalue weighted by Crippen LogP contribution is 2.73. The van der Waals surface area contributed by atoms with E-state index in [9.17, 15) is 15.0 Å². The van der Waals surface area contributed by atoms with Gasteiger partial charge in [-0.15, -0.1) is 0 Å². The van der Waals surface area contributed by atoms with Crippen molar-refractivity contribution in [1.29, 1.82) is 0 Å². The quantitative estimate of drug-likeness (QED) is 0.552. The first-order chi connectivity index (χ1) is 16.5. The zero-order chi connectivity index (χ0) is 24.6. The Labute approximate surface area is 208 Å². The van der Waals surface area contributed by atoms with Gasteiger partial charge in [-0.2, -0.15) is 0 Å². The van der Waals surface area contributed by atoms with E-state index >= 15 is 0 Å². The molecule has 3 N–H and O–H groups in total. The number of aromatic amines is 1. The van der Waals surface area contributed by atoms with Crippen LogP contribution in [0.5, 0.6) is 0 Å². The molecule has 3 saturated heterocycles. The monoisotopic (exact) mass is 499 g/mol. The van der Waals surface area contributed by atoms with Crippen LogP contribution >= 0.6 is 11.6 Å². The maximum Gasteiger partial charge on any atom is 0.195 e. The van der Waals surface area contributed by atoms with Gasteiger partial charge in [-0.1, -0.05) is 31.5 Å². The fraction of sp³-hybridized carbons (Fsp3) is 0.593. The number of aliphatic hydroxyl groups excluding tert-OH is 1. The van der Waals surface area contributed by atoms with Crippen LogP contribution in [0.1, 0.15) is 52.1 Å². The molecule has 8 heteroatoms.